The third-order valence-electron chi connectivity index (χ3n) is 3.17. The number of aryl methyl sites for hydroxylation is 1. The van der Waals surface area contributed by atoms with E-state index in [-0.39, 0.29) is 0 Å². The normalized spacial score (nSPS) is 10.7. The maximum absolute atomic E-state index is 6.07. The molecule has 0 fully saturated rings. The summed E-state index contributed by atoms with van der Waals surface area (Å²) in [4.78, 5) is 0. The quantitative estimate of drug-likeness (QED) is 0.572. The first-order valence-corrected chi connectivity index (χ1v) is 6.28. The van der Waals surface area contributed by atoms with Crippen LogP contribution < -0.4 is 0 Å². The Labute approximate surface area is 107 Å². The van der Waals surface area contributed by atoms with Crippen LogP contribution in [0.15, 0.2) is 65.1 Å². The minimum absolute atomic E-state index is 0.938. The van der Waals surface area contributed by atoms with Gasteiger partial charge in [0.25, 0.3) is 0 Å². The van der Waals surface area contributed by atoms with Crippen LogP contribution in [0, 0.1) is 0 Å². The van der Waals surface area contributed by atoms with Crippen LogP contribution in [0.25, 0.3) is 22.3 Å². The molecule has 0 bridgehead atoms. The van der Waals surface area contributed by atoms with Gasteiger partial charge in [0.1, 0.15) is 0 Å². The molecule has 3 rings (SSSR count). The van der Waals surface area contributed by atoms with E-state index in [1.165, 1.54) is 5.56 Å². The molecule has 2 aromatic carbocycles. The van der Waals surface area contributed by atoms with E-state index in [4.69, 9.17) is 4.42 Å². The van der Waals surface area contributed by atoms with Gasteiger partial charge < -0.3 is 0 Å². The molecule has 18 heavy (non-hydrogen) atoms. The average molecular weight is 235 g/mol. The summed E-state index contributed by atoms with van der Waals surface area (Å²) >= 11 is 0. The Hall–Kier alpha value is -2.15. The van der Waals surface area contributed by atoms with E-state index in [1.807, 2.05) is 36.4 Å². The van der Waals surface area contributed by atoms with Crippen molar-refractivity contribution in [2.75, 3.05) is 0 Å². The molecule has 0 saturated carbocycles. The van der Waals surface area contributed by atoms with E-state index in [2.05, 4.69) is 31.2 Å². The van der Waals surface area contributed by atoms with Gasteiger partial charge in [-0.25, -0.2) is 4.42 Å². The molecular formula is C17H15O+. The number of fused-ring (bicyclic) bond motifs is 1. The predicted octanol–water partition coefficient (Wildman–Crippen LogP) is 4.94. The second kappa shape index (κ2) is 4.61. The van der Waals surface area contributed by atoms with Crippen molar-refractivity contribution in [2.24, 2.45) is 0 Å². The van der Waals surface area contributed by atoms with Crippen LogP contribution in [-0.4, -0.2) is 0 Å². The first-order valence-electron chi connectivity index (χ1n) is 6.28. The number of hydrogen-bond donors (Lipinski definition) is 0. The number of hydrogen-bond acceptors (Lipinski definition) is 0. The SMILES string of the molecule is CCc1cc2ccccc2[o+]c1-c1ccccc1. The Bertz CT molecular complexity index is 672. The fourth-order valence-corrected chi connectivity index (χ4v) is 2.22. The van der Waals surface area contributed by atoms with Crippen molar-refractivity contribution >= 4 is 11.0 Å². The van der Waals surface area contributed by atoms with Gasteiger partial charge in [-0.1, -0.05) is 37.3 Å². The molecule has 0 aliphatic heterocycles. The summed E-state index contributed by atoms with van der Waals surface area (Å²) in [5.74, 6) is 0.983. The first-order chi connectivity index (χ1) is 8.88. The molecule has 1 aromatic heterocycles. The van der Waals surface area contributed by atoms with Crippen LogP contribution in [0.3, 0.4) is 0 Å². The summed E-state index contributed by atoms with van der Waals surface area (Å²) in [5.41, 5.74) is 3.33. The molecule has 1 heterocycles. The second-order valence-electron chi connectivity index (χ2n) is 4.36. The maximum Gasteiger partial charge on any atom is 0.363 e. The third-order valence-corrected chi connectivity index (χ3v) is 3.17. The monoisotopic (exact) mass is 235 g/mol. The van der Waals surface area contributed by atoms with Crippen molar-refractivity contribution in [3.05, 3.63) is 66.2 Å². The van der Waals surface area contributed by atoms with Gasteiger partial charge in [0.15, 0.2) is 0 Å². The van der Waals surface area contributed by atoms with Crippen molar-refractivity contribution in [3.63, 3.8) is 0 Å². The molecule has 0 aliphatic rings. The Morgan fingerprint density at radius 1 is 0.889 bits per heavy atom. The minimum atomic E-state index is 0.938. The Morgan fingerprint density at radius 3 is 2.39 bits per heavy atom. The van der Waals surface area contributed by atoms with Crippen LogP contribution >= 0.6 is 0 Å². The lowest BCUT2D eigenvalue weighted by atomic mass is 10.0. The molecule has 0 aliphatic carbocycles. The summed E-state index contributed by atoms with van der Waals surface area (Å²) in [7, 11) is 0. The molecule has 0 saturated heterocycles. The lowest BCUT2D eigenvalue weighted by Gasteiger charge is -1.99. The molecule has 0 radical (unpaired) electrons. The highest BCUT2D eigenvalue weighted by Crippen LogP contribution is 2.28. The van der Waals surface area contributed by atoms with E-state index in [1.54, 1.807) is 0 Å². The van der Waals surface area contributed by atoms with E-state index < -0.39 is 0 Å². The lowest BCUT2D eigenvalue weighted by molar-refractivity contribution is 0.612. The molecule has 1 nitrogen and oxygen atoms in total. The zero-order chi connectivity index (χ0) is 12.4. The smallest absolute Gasteiger partial charge is 0.207 e. The highest BCUT2D eigenvalue weighted by Gasteiger charge is 2.19. The van der Waals surface area contributed by atoms with Crippen molar-refractivity contribution in [1.29, 1.82) is 0 Å². The van der Waals surface area contributed by atoms with Crippen molar-refractivity contribution in [1.82, 2.24) is 0 Å². The molecule has 1 heteroatoms. The molecule has 0 atom stereocenters. The molecule has 0 unspecified atom stereocenters. The zero-order valence-electron chi connectivity index (χ0n) is 10.4. The first kappa shape index (κ1) is 11.0. The van der Waals surface area contributed by atoms with Gasteiger partial charge in [0.05, 0.1) is 16.5 Å². The van der Waals surface area contributed by atoms with Gasteiger partial charge in [-0.3, -0.25) is 0 Å². The predicted molar refractivity (Wildman–Crippen MR) is 75.4 cm³/mol. The second-order valence-corrected chi connectivity index (χ2v) is 4.36. The summed E-state index contributed by atoms with van der Waals surface area (Å²) in [6.45, 7) is 2.16. The maximum atomic E-state index is 6.07. The molecule has 0 spiro atoms. The molecule has 0 amide bonds. The molecule has 3 aromatic rings. The van der Waals surface area contributed by atoms with Gasteiger partial charge in [-0.2, -0.15) is 0 Å². The minimum Gasteiger partial charge on any atom is -0.207 e. The van der Waals surface area contributed by atoms with Crippen molar-refractivity contribution < 1.29 is 4.42 Å². The van der Waals surface area contributed by atoms with Gasteiger partial charge in [0.2, 0.25) is 0 Å². The van der Waals surface area contributed by atoms with Gasteiger partial charge in [-0.05, 0) is 30.7 Å². The lowest BCUT2D eigenvalue weighted by Crippen LogP contribution is -1.88. The summed E-state index contributed by atoms with van der Waals surface area (Å²) in [6, 6.07) is 20.7. The van der Waals surface area contributed by atoms with Crippen LogP contribution in [0.2, 0.25) is 0 Å². The highest BCUT2D eigenvalue weighted by atomic mass is 16.3. The van der Waals surface area contributed by atoms with Crippen LogP contribution in [-0.2, 0) is 6.42 Å². The van der Waals surface area contributed by atoms with Crippen molar-refractivity contribution in [2.45, 2.75) is 13.3 Å². The van der Waals surface area contributed by atoms with Crippen LogP contribution in [0.1, 0.15) is 12.5 Å². The van der Waals surface area contributed by atoms with E-state index >= 15 is 0 Å². The Morgan fingerprint density at radius 2 is 1.61 bits per heavy atom. The Balaban J connectivity index is 2.27. The Kier molecular flexibility index (Phi) is 2.81. The van der Waals surface area contributed by atoms with Gasteiger partial charge in [-0.15, -0.1) is 0 Å². The van der Waals surface area contributed by atoms with Gasteiger partial charge in [0, 0.05) is 6.07 Å². The largest absolute Gasteiger partial charge is 0.363 e. The van der Waals surface area contributed by atoms with Crippen LogP contribution in [0.5, 0.6) is 0 Å². The number of para-hydroxylation sites is 1. The molecule has 0 N–H and O–H groups in total. The van der Waals surface area contributed by atoms with Gasteiger partial charge >= 0.3 is 11.3 Å². The fraction of sp³-hybridized carbons (Fsp3) is 0.118. The number of rotatable bonds is 2. The third kappa shape index (κ3) is 1.88. The molecular weight excluding hydrogens is 220 g/mol. The standard InChI is InChI=1S/C17H15O/c1-2-13-12-15-10-6-7-11-16(15)18-17(13)14-8-4-3-5-9-14/h3-12H,2H2,1H3/q+1. The van der Waals surface area contributed by atoms with E-state index in [0.717, 1.165) is 28.7 Å². The average Bonchev–Trinajstić information content (AvgIpc) is 2.46. The van der Waals surface area contributed by atoms with E-state index in [9.17, 15) is 0 Å². The van der Waals surface area contributed by atoms with E-state index in [0.29, 0.717) is 0 Å². The highest BCUT2D eigenvalue weighted by molar-refractivity contribution is 5.80. The summed E-state index contributed by atoms with van der Waals surface area (Å²) in [6.07, 6.45) is 0.971. The zero-order valence-corrected chi connectivity index (χ0v) is 10.4. The van der Waals surface area contributed by atoms with Crippen LogP contribution in [0.4, 0.5) is 0 Å². The summed E-state index contributed by atoms with van der Waals surface area (Å²) in [5, 5.41) is 1.16. The summed E-state index contributed by atoms with van der Waals surface area (Å²) < 4.78 is 6.07. The molecule has 88 valence electrons. The topological polar surface area (TPSA) is 11.3 Å². The fourth-order valence-electron chi connectivity index (χ4n) is 2.22. The number of benzene rings is 2. The van der Waals surface area contributed by atoms with Crippen molar-refractivity contribution in [3.8, 4) is 11.3 Å².